The van der Waals surface area contributed by atoms with Crippen molar-refractivity contribution in [3.63, 3.8) is 0 Å². The van der Waals surface area contributed by atoms with E-state index in [1.54, 1.807) is 30.6 Å². The SMILES string of the molecule is Nc1cc(-c2cc3cccc(OC(F)(F)F)c3s2)c2nccn2n1. The number of rotatable bonds is 2. The summed E-state index contributed by atoms with van der Waals surface area (Å²) in [5.41, 5.74) is 7.08. The number of imidazole rings is 1. The lowest BCUT2D eigenvalue weighted by molar-refractivity contribution is -0.274. The Morgan fingerprint density at radius 3 is 2.83 bits per heavy atom. The second kappa shape index (κ2) is 5.10. The van der Waals surface area contributed by atoms with E-state index >= 15 is 0 Å². The lowest BCUT2D eigenvalue weighted by Crippen LogP contribution is -2.17. The van der Waals surface area contributed by atoms with Crippen molar-refractivity contribution in [1.82, 2.24) is 14.6 Å². The van der Waals surface area contributed by atoms with Gasteiger partial charge in [0.25, 0.3) is 0 Å². The number of benzene rings is 1. The molecule has 0 saturated heterocycles. The zero-order valence-corrected chi connectivity index (χ0v) is 12.7. The summed E-state index contributed by atoms with van der Waals surface area (Å²) in [6.45, 7) is 0. The molecule has 2 N–H and O–H groups in total. The summed E-state index contributed by atoms with van der Waals surface area (Å²) in [4.78, 5) is 4.96. The minimum atomic E-state index is -4.74. The van der Waals surface area contributed by atoms with E-state index in [-0.39, 0.29) is 5.75 Å². The number of ether oxygens (including phenoxy) is 1. The maximum atomic E-state index is 12.6. The molecule has 0 fully saturated rings. The summed E-state index contributed by atoms with van der Waals surface area (Å²) in [5, 5.41) is 4.75. The first-order chi connectivity index (χ1) is 11.4. The van der Waals surface area contributed by atoms with Gasteiger partial charge in [0.1, 0.15) is 11.6 Å². The van der Waals surface area contributed by atoms with Crippen molar-refractivity contribution in [2.75, 3.05) is 5.73 Å². The van der Waals surface area contributed by atoms with Crippen molar-refractivity contribution in [2.45, 2.75) is 6.36 Å². The largest absolute Gasteiger partial charge is 0.573 e. The van der Waals surface area contributed by atoms with Gasteiger partial charge in [0.2, 0.25) is 0 Å². The van der Waals surface area contributed by atoms with Crippen LogP contribution in [0, 0.1) is 0 Å². The number of hydrogen-bond acceptors (Lipinski definition) is 5. The van der Waals surface area contributed by atoms with Crippen LogP contribution in [0.4, 0.5) is 19.0 Å². The molecular weight excluding hydrogens is 341 g/mol. The van der Waals surface area contributed by atoms with Crippen LogP contribution in [-0.4, -0.2) is 21.0 Å². The van der Waals surface area contributed by atoms with Gasteiger partial charge in [0.05, 0.1) is 4.70 Å². The summed E-state index contributed by atoms with van der Waals surface area (Å²) in [6, 6.07) is 7.98. The topological polar surface area (TPSA) is 65.4 Å². The molecule has 4 rings (SSSR count). The molecule has 0 saturated carbocycles. The first-order valence-corrected chi connectivity index (χ1v) is 7.61. The Balaban J connectivity index is 1.91. The van der Waals surface area contributed by atoms with Gasteiger partial charge in [0, 0.05) is 22.8 Å². The molecular formula is C15H9F3N4OS. The van der Waals surface area contributed by atoms with Crippen LogP contribution in [0.5, 0.6) is 5.75 Å². The quantitative estimate of drug-likeness (QED) is 0.591. The molecule has 9 heteroatoms. The van der Waals surface area contributed by atoms with E-state index in [0.29, 0.717) is 27.1 Å². The number of thiophene rings is 1. The van der Waals surface area contributed by atoms with Gasteiger partial charge in [-0.05, 0) is 23.6 Å². The number of anilines is 1. The van der Waals surface area contributed by atoms with Crippen molar-refractivity contribution in [3.8, 4) is 16.2 Å². The molecule has 24 heavy (non-hydrogen) atoms. The number of hydrogen-bond donors (Lipinski definition) is 1. The Kier molecular flexibility index (Phi) is 3.14. The maximum Gasteiger partial charge on any atom is 0.573 e. The third kappa shape index (κ3) is 2.52. The highest BCUT2D eigenvalue weighted by Gasteiger charge is 2.32. The van der Waals surface area contributed by atoms with Crippen molar-refractivity contribution in [3.05, 3.63) is 42.7 Å². The molecule has 0 bridgehead atoms. The standard InChI is InChI=1S/C15H9F3N4OS/c16-15(17,18)23-10-3-1-2-8-6-11(24-13(8)10)9-7-12(19)21-22-5-4-20-14(9)22/h1-7H,(H2,19,21). The monoisotopic (exact) mass is 350 g/mol. The third-order valence-electron chi connectivity index (χ3n) is 3.38. The number of aromatic nitrogens is 3. The molecule has 4 aromatic rings. The minimum absolute atomic E-state index is 0.224. The molecule has 0 unspecified atom stereocenters. The Labute approximate surface area is 137 Å². The van der Waals surface area contributed by atoms with Crippen LogP contribution in [0.15, 0.2) is 42.7 Å². The van der Waals surface area contributed by atoms with Gasteiger partial charge in [-0.15, -0.1) is 29.6 Å². The first kappa shape index (κ1) is 14.8. The second-order valence-corrected chi connectivity index (χ2v) is 6.06. The molecule has 0 aliphatic carbocycles. The highest BCUT2D eigenvalue weighted by molar-refractivity contribution is 7.22. The van der Waals surface area contributed by atoms with Crippen LogP contribution in [-0.2, 0) is 0 Å². The zero-order valence-electron chi connectivity index (χ0n) is 11.9. The third-order valence-corrected chi connectivity index (χ3v) is 4.58. The van der Waals surface area contributed by atoms with Crippen LogP contribution < -0.4 is 10.5 Å². The Hall–Kier alpha value is -2.81. The molecule has 0 amide bonds. The van der Waals surface area contributed by atoms with Gasteiger partial charge >= 0.3 is 6.36 Å². The average molecular weight is 350 g/mol. The number of fused-ring (bicyclic) bond motifs is 2. The van der Waals surface area contributed by atoms with Crippen molar-refractivity contribution in [2.24, 2.45) is 0 Å². The fraction of sp³-hybridized carbons (Fsp3) is 0.0667. The summed E-state index contributed by atoms with van der Waals surface area (Å²) in [5.74, 6) is 0.0670. The van der Waals surface area contributed by atoms with Crippen molar-refractivity contribution >= 4 is 32.9 Å². The van der Waals surface area contributed by atoms with E-state index in [2.05, 4.69) is 14.8 Å². The van der Waals surface area contributed by atoms with E-state index in [1.807, 2.05) is 0 Å². The van der Waals surface area contributed by atoms with E-state index in [4.69, 9.17) is 5.73 Å². The lowest BCUT2D eigenvalue weighted by atomic mass is 10.2. The van der Waals surface area contributed by atoms with E-state index in [0.717, 1.165) is 4.88 Å². The van der Waals surface area contributed by atoms with Gasteiger partial charge in [-0.1, -0.05) is 12.1 Å². The number of nitrogen functional groups attached to an aromatic ring is 1. The summed E-state index contributed by atoms with van der Waals surface area (Å²) in [6.07, 6.45) is -1.51. The molecule has 122 valence electrons. The zero-order chi connectivity index (χ0) is 16.9. The smallest absolute Gasteiger partial charge is 0.404 e. The van der Waals surface area contributed by atoms with Gasteiger partial charge < -0.3 is 10.5 Å². The van der Waals surface area contributed by atoms with Gasteiger partial charge in [-0.3, -0.25) is 0 Å². The van der Waals surface area contributed by atoms with Crippen LogP contribution in [0.3, 0.4) is 0 Å². The molecule has 3 aromatic heterocycles. The van der Waals surface area contributed by atoms with Gasteiger partial charge in [-0.25, -0.2) is 9.50 Å². The van der Waals surface area contributed by atoms with Crippen LogP contribution in [0.2, 0.25) is 0 Å². The molecule has 0 atom stereocenters. The Morgan fingerprint density at radius 2 is 2.04 bits per heavy atom. The van der Waals surface area contributed by atoms with E-state index in [1.165, 1.54) is 28.0 Å². The van der Waals surface area contributed by atoms with Crippen molar-refractivity contribution < 1.29 is 17.9 Å². The number of nitrogens with two attached hydrogens (primary N) is 1. The number of nitrogens with zero attached hydrogens (tertiary/aromatic N) is 3. The number of halogens is 3. The maximum absolute atomic E-state index is 12.6. The first-order valence-electron chi connectivity index (χ1n) is 6.79. The van der Waals surface area contributed by atoms with Gasteiger partial charge in [0.15, 0.2) is 5.65 Å². The molecule has 0 spiro atoms. The van der Waals surface area contributed by atoms with Crippen LogP contribution in [0.25, 0.3) is 26.2 Å². The fourth-order valence-corrected chi connectivity index (χ4v) is 3.61. The summed E-state index contributed by atoms with van der Waals surface area (Å²) >= 11 is 1.18. The second-order valence-electron chi connectivity index (χ2n) is 5.01. The summed E-state index contributed by atoms with van der Waals surface area (Å²) < 4.78 is 43.7. The van der Waals surface area contributed by atoms with E-state index < -0.39 is 6.36 Å². The molecule has 0 radical (unpaired) electrons. The highest BCUT2D eigenvalue weighted by Crippen LogP contribution is 2.41. The Morgan fingerprint density at radius 1 is 1.21 bits per heavy atom. The molecule has 5 nitrogen and oxygen atoms in total. The molecule has 3 heterocycles. The normalized spacial score (nSPS) is 12.1. The lowest BCUT2D eigenvalue weighted by Gasteiger charge is -2.09. The highest BCUT2D eigenvalue weighted by atomic mass is 32.1. The molecule has 0 aliphatic rings. The van der Waals surface area contributed by atoms with Crippen molar-refractivity contribution in [1.29, 1.82) is 0 Å². The fourth-order valence-electron chi connectivity index (χ4n) is 2.49. The molecule has 1 aromatic carbocycles. The van der Waals surface area contributed by atoms with Gasteiger partial charge in [-0.2, -0.15) is 0 Å². The number of alkyl halides is 3. The van der Waals surface area contributed by atoms with Crippen LogP contribution >= 0.6 is 11.3 Å². The van der Waals surface area contributed by atoms with E-state index in [9.17, 15) is 13.2 Å². The predicted octanol–water partition coefficient (Wildman–Crippen LogP) is 4.09. The Bertz CT molecular complexity index is 1050. The summed E-state index contributed by atoms with van der Waals surface area (Å²) in [7, 11) is 0. The minimum Gasteiger partial charge on any atom is -0.404 e. The average Bonchev–Trinajstić information content (AvgIpc) is 3.11. The predicted molar refractivity (Wildman–Crippen MR) is 84.9 cm³/mol. The van der Waals surface area contributed by atoms with Crippen LogP contribution in [0.1, 0.15) is 0 Å². The molecule has 0 aliphatic heterocycles.